The molecule has 3 rings (SSSR count). The van der Waals surface area contributed by atoms with Gasteiger partial charge < -0.3 is 4.74 Å². The summed E-state index contributed by atoms with van der Waals surface area (Å²) in [5.74, 6) is -9.31. The fourth-order valence-electron chi connectivity index (χ4n) is 3.61. The summed E-state index contributed by atoms with van der Waals surface area (Å²) in [6, 6.07) is 2.93. The summed E-state index contributed by atoms with van der Waals surface area (Å²) in [4.78, 5) is 0. The summed E-state index contributed by atoms with van der Waals surface area (Å²) in [6.07, 6.45) is -7.23. The number of benzene rings is 3. The first kappa shape index (κ1) is 27.3. The molecule has 0 aliphatic rings. The first-order valence-corrected chi connectivity index (χ1v) is 10.7. The minimum atomic E-state index is -5.11. The summed E-state index contributed by atoms with van der Waals surface area (Å²) in [5, 5.41) is 0. The van der Waals surface area contributed by atoms with Crippen LogP contribution in [0.15, 0.2) is 42.5 Å². The molecule has 0 aromatic heterocycles. The molecule has 0 atom stereocenters. The highest BCUT2D eigenvalue weighted by Gasteiger charge is 2.42. The third-order valence-corrected chi connectivity index (χ3v) is 5.28. The summed E-state index contributed by atoms with van der Waals surface area (Å²) in [7, 11) is 0. The van der Waals surface area contributed by atoms with Crippen LogP contribution in [0.2, 0.25) is 0 Å². The quantitative estimate of drug-likeness (QED) is 0.211. The number of hydrogen-bond donors (Lipinski definition) is 0. The van der Waals surface area contributed by atoms with Gasteiger partial charge in [0.25, 0.3) is 0 Å². The van der Waals surface area contributed by atoms with E-state index >= 15 is 0 Å². The number of aryl methyl sites for hydroxylation is 1. The molecule has 0 aliphatic heterocycles. The minimum absolute atomic E-state index is 0.0201. The predicted molar refractivity (Wildman–Crippen MR) is 111 cm³/mol. The van der Waals surface area contributed by atoms with Gasteiger partial charge in [0, 0.05) is 6.07 Å². The third kappa shape index (κ3) is 5.93. The van der Waals surface area contributed by atoms with Gasteiger partial charge in [0.1, 0.15) is 40.4 Å². The van der Waals surface area contributed by atoms with Crippen molar-refractivity contribution >= 4 is 0 Å². The van der Waals surface area contributed by atoms with Crippen molar-refractivity contribution in [2.24, 2.45) is 0 Å². The Morgan fingerprint density at radius 3 is 1.78 bits per heavy atom. The molecule has 0 saturated carbocycles. The van der Waals surface area contributed by atoms with Crippen molar-refractivity contribution in [3.8, 4) is 16.9 Å². The topological polar surface area (TPSA) is 9.23 Å². The van der Waals surface area contributed by atoms with Crippen molar-refractivity contribution < 1.29 is 48.6 Å². The maximum Gasteiger partial charge on any atom is 0.432 e. The minimum Gasteiger partial charge on any atom is -0.429 e. The van der Waals surface area contributed by atoms with Crippen LogP contribution in [0.4, 0.5) is 43.9 Å². The second-order valence-corrected chi connectivity index (χ2v) is 7.96. The smallest absolute Gasteiger partial charge is 0.429 e. The molecule has 0 radical (unpaired) electrons. The van der Waals surface area contributed by atoms with Gasteiger partial charge in [0.05, 0.1) is 11.1 Å². The Kier molecular flexibility index (Phi) is 7.90. The van der Waals surface area contributed by atoms with Gasteiger partial charge in [0.2, 0.25) is 0 Å². The average Bonchev–Trinajstić information content (AvgIpc) is 2.71. The zero-order valence-electron chi connectivity index (χ0n) is 18.6. The number of halogens is 10. The van der Waals surface area contributed by atoms with E-state index in [-0.39, 0.29) is 24.3 Å². The van der Waals surface area contributed by atoms with Crippen LogP contribution in [0.5, 0.6) is 5.75 Å². The van der Waals surface area contributed by atoms with Gasteiger partial charge in [-0.3, -0.25) is 0 Å². The van der Waals surface area contributed by atoms with Crippen molar-refractivity contribution in [2.45, 2.75) is 44.9 Å². The molecule has 0 heterocycles. The fourth-order valence-corrected chi connectivity index (χ4v) is 3.61. The Labute approximate surface area is 199 Å². The molecule has 0 unspecified atom stereocenters. The van der Waals surface area contributed by atoms with Crippen LogP contribution in [0.3, 0.4) is 0 Å². The van der Waals surface area contributed by atoms with Crippen LogP contribution in [0.25, 0.3) is 11.1 Å². The van der Waals surface area contributed by atoms with Crippen molar-refractivity contribution in [1.29, 1.82) is 0 Å². The van der Waals surface area contributed by atoms with Gasteiger partial charge in [-0.25, -0.2) is 22.0 Å². The van der Waals surface area contributed by atoms with E-state index in [4.69, 9.17) is 0 Å². The standard InChI is InChI=1S/C25H18F10O/c1-2-3-4-5-13-8-18(27)22(19(28)9-13)14-10-20(29)23(21(30)11-14)25(34,35)36-15-6-7-16(17(26)12-15)24(31,32)33/h6-12H,2-5H2,1H3. The van der Waals surface area contributed by atoms with Crippen molar-refractivity contribution in [3.63, 3.8) is 0 Å². The van der Waals surface area contributed by atoms with Crippen LogP contribution in [-0.2, 0) is 18.7 Å². The Bertz CT molecular complexity index is 1200. The number of ether oxygens (including phenoxy) is 1. The normalized spacial score (nSPS) is 12.2. The average molecular weight is 524 g/mol. The molecule has 0 fully saturated rings. The fraction of sp³-hybridized carbons (Fsp3) is 0.280. The SMILES string of the molecule is CCCCCc1cc(F)c(-c2cc(F)c(C(F)(F)Oc3ccc(C(F)(F)F)c(F)c3)c(F)c2)c(F)c1. The lowest BCUT2D eigenvalue weighted by Gasteiger charge is -2.20. The van der Waals surface area contributed by atoms with Crippen molar-refractivity contribution in [3.05, 3.63) is 88.2 Å². The maximum atomic E-state index is 14.6. The summed E-state index contributed by atoms with van der Waals surface area (Å²) in [6.45, 7) is 1.94. The van der Waals surface area contributed by atoms with Gasteiger partial charge in [-0.2, -0.15) is 22.0 Å². The number of unbranched alkanes of at least 4 members (excludes halogenated alkanes) is 2. The van der Waals surface area contributed by atoms with Crippen LogP contribution < -0.4 is 4.74 Å². The molecule has 0 amide bonds. The van der Waals surface area contributed by atoms with Crippen LogP contribution in [-0.4, -0.2) is 0 Å². The first-order chi connectivity index (χ1) is 16.7. The molecule has 3 aromatic carbocycles. The van der Waals surface area contributed by atoms with E-state index in [0.717, 1.165) is 25.0 Å². The zero-order valence-corrected chi connectivity index (χ0v) is 18.6. The molecule has 0 N–H and O–H groups in total. The Balaban J connectivity index is 1.93. The molecule has 3 aromatic rings. The highest BCUT2D eigenvalue weighted by atomic mass is 19.4. The van der Waals surface area contributed by atoms with Crippen LogP contribution >= 0.6 is 0 Å². The van der Waals surface area contributed by atoms with Crippen LogP contribution in [0, 0.1) is 29.1 Å². The van der Waals surface area contributed by atoms with E-state index in [1.54, 1.807) is 0 Å². The second kappa shape index (κ2) is 10.4. The maximum absolute atomic E-state index is 14.6. The lowest BCUT2D eigenvalue weighted by molar-refractivity contribution is -0.189. The zero-order chi connectivity index (χ0) is 26.8. The van der Waals surface area contributed by atoms with Gasteiger partial charge >= 0.3 is 12.3 Å². The second-order valence-electron chi connectivity index (χ2n) is 7.96. The highest BCUT2D eigenvalue weighted by Crippen LogP contribution is 2.39. The summed E-state index contributed by atoms with van der Waals surface area (Å²) >= 11 is 0. The van der Waals surface area contributed by atoms with Crippen LogP contribution in [0.1, 0.15) is 42.9 Å². The molecule has 0 aliphatic carbocycles. The van der Waals surface area contributed by atoms with Gasteiger partial charge in [-0.15, -0.1) is 0 Å². The van der Waals surface area contributed by atoms with E-state index in [1.165, 1.54) is 0 Å². The molecule has 0 spiro atoms. The summed E-state index contributed by atoms with van der Waals surface area (Å²) in [5.41, 5.74) is -4.99. The van der Waals surface area contributed by atoms with Crippen molar-refractivity contribution in [1.82, 2.24) is 0 Å². The van der Waals surface area contributed by atoms with E-state index in [2.05, 4.69) is 4.74 Å². The number of alkyl halides is 5. The van der Waals surface area contributed by atoms with E-state index in [9.17, 15) is 43.9 Å². The Morgan fingerprint density at radius 1 is 0.694 bits per heavy atom. The Morgan fingerprint density at radius 2 is 1.28 bits per heavy atom. The lowest BCUT2D eigenvalue weighted by atomic mass is 9.98. The molecular formula is C25H18F10O. The van der Waals surface area contributed by atoms with E-state index < -0.39 is 69.4 Å². The first-order valence-electron chi connectivity index (χ1n) is 10.7. The molecule has 0 bridgehead atoms. The molecule has 36 heavy (non-hydrogen) atoms. The third-order valence-electron chi connectivity index (χ3n) is 5.28. The molecule has 0 saturated heterocycles. The summed E-state index contributed by atoms with van der Waals surface area (Å²) < 4.78 is 143. The van der Waals surface area contributed by atoms with Crippen molar-refractivity contribution in [2.75, 3.05) is 0 Å². The molecule has 11 heteroatoms. The largest absolute Gasteiger partial charge is 0.432 e. The Hall–Kier alpha value is -3.24. The lowest BCUT2D eigenvalue weighted by Crippen LogP contribution is -2.25. The molecular weight excluding hydrogens is 506 g/mol. The number of hydrogen-bond acceptors (Lipinski definition) is 1. The van der Waals surface area contributed by atoms with Gasteiger partial charge in [-0.05, 0) is 60.4 Å². The molecule has 194 valence electrons. The van der Waals surface area contributed by atoms with E-state index in [1.807, 2.05) is 6.92 Å². The predicted octanol–water partition coefficient (Wildman–Crippen LogP) is 8.93. The van der Waals surface area contributed by atoms with Gasteiger partial charge in [0.15, 0.2) is 0 Å². The highest BCUT2D eigenvalue weighted by molar-refractivity contribution is 5.66. The van der Waals surface area contributed by atoms with E-state index in [0.29, 0.717) is 24.5 Å². The van der Waals surface area contributed by atoms with Gasteiger partial charge in [-0.1, -0.05) is 19.8 Å². The molecule has 1 nitrogen and oxygen atoms in total. The monoisotopic (exact) mass is 524 g/mol. The number of rotatable bonds is 8.